The second-order valence-corrected chi connectivity index (χ2v) is 6.94. The molecule has 3 nitrogen and oxygen atoms in total. The lowest BCUT2D eigenvalue weighted by Gasteiger charge is -2.47. The van der Waals surface area contributed by atoms with Gasteiger partial charge in [-0.25, -0.2) is 0 Å². The lowest BCUT2D eigenvalue weighted by molar-refractivity contribution is -0.0468. The van der Waals surface area contributed by atoms with Gasteiger partial charge in [0, 0.05) is 42.9 Å². The van der Waals surface area contributed by atoms with Crippen LogP contribution in [0.2, 0.25) is 0 Å². The Hall–Kier alpha value is -1.32. The summed E-state index contributed by atoms with van der Waals surface area (Å²) in [5, 5.41) is 1.44. The normalized spacial score (nSPS) is 32.5. The fraction of sp³-hybridized carbons (Fsp3) is 0.556. The molecule has 0 unspecified atom stereocenters. The van der Waals surface area contributed by atoms with E-state index >= 15 is 0 Å². The van der Waals surface area contributed by atoms with Gasteiger partial charge < -0.3 is 9.72 Å². The Morgan fingerprint density at radius 2 is 2.14 bits per heavy atom. The van der Waals surface area contributed by atoms with Crippen molar-refractivity contribution in [2.24, 2.45) is 11.8 Å². The number of hydrogen-bond acceptors (Lipinski definition) is 2. The highest BCUT2D eigenvalue weighted by Crippen LogP contribution is 2.44. The van der Waals surface area contributed by atoms with Gasteiger partial charge in [0.15, 0.2) is 0 Å². The molecule has 5 rings (SSSR count). The zero-order valence-electron chi connectivity index (χ0n) is 12.3. The van der Waals surface area contributed by atoms with Crippen molar-refractivity contribution < 1.29 is 4.74 Å². The number of benzene rings is 1. The van der Waals surface area contributed by atoms with Crippen molar-refractivity contribution in [2.45, 2.75) is 25.3 Å². The molecule has 1 aromatic carbocycles. The van der Waals surface area contributed by atoms with E-state index in [0.717, 1.165) is 25.0 Å². The van der Waals surface area contributed by atoms with E-state index < -0.39 is 0 Å². The van der Waals surface area contributed by atoms with Gasteiger partial charge in [-0.3, -0.25) is 4.90 Å². The molecule has 21 heavy (non-hydrogen) atoms. The predicted molar refractivity (Wildman–Crippen MR) is 83.3 cm³/mol. The zero-order chi connectivity index (χ0) is 13.8. The van der Waals surface area contributed by atoms with Gasteiger partial charge in [0.2, 0.25) is 0 Å². The average molecular weight is 282 g/mol. The van der Waals surface area contributed by atoms with Crippen LogP contribution in [0.1, 0.15) is 30.1 Å². The number of para-hydroxylation sites is 1. The third kappa shape index (κ3) is 1.80. The summed E-state index contributed by atoms with van der Waals surface area (Å²) < 4.78 is 5.74. The van der Waals surface area contributed by atoms with Crippen LogP contribution in [0.3, 0.4) is 0 Å². The number of nitrogens with one attached hydrogen (secondary N) is 1. The van der Waals surface area contributed by atoms with Gasteiger partial charge in [0.05, 0.1) is 6.04 Å². The molecule has 0 bridgehead atoms. The molecule has 0 radical (unpaired) electrons. The Bertz CT molecular complexity index is 677. The van der Waals surface area contributed by atoms with E-state index in [1.54, 1.807) is 5.56 Å². The highest BCUT2D eigenvalue weighted by molar-refractivity contribution is 5.85. The highest BCUT2D eigenvalue weighted by atomic mass is 16.5. The van der Waals surface area contributed by atoms with E-state index in [0.29, 0.717) is 6.04 Å². The monoisotopic (exact) mass is 282 g/mol. The van der Waals surface area contributed by atoms with Crippen LogP contribution >= 0.6 is 0 Å². The van der Waals surface area contributed by atoms with Gasteiger partial charge in [0.25, 0.3) is 0 Å². The molecule has 0 spiro atoms. The molecule has 1 N–H and O–H groups in total. The number of hydrogen-bond donors (Lipinski definition) is 1. The maximum absolute atomic E-state index is 5.74. The summed E-state index contributed by atoms with van der Waals surface area (Å²) in [6, 6.07) is 9.37. The lowest BCUT2D eigenvalue weighted by atomic mass is 9.76. The van der Waals surface area contributed by atoms with Crippen LogP contribution in [0, 0.1) is 11.8 Å². The molecule has 1 aromatic heterocycles. The molecule has 0 aliphatic carbocycles. The Labute approximate surface area is 125 Å². The first-order valence-corrected chi connectivity index (χ1v) is 8.31. The van der Waals surface area contributed by atoms with Crippen molar-refractivity contribution >= 4 is 10.9 Å². The minimum Gasteiger partial charge on any atom is -0.381 e. The summed E-state index contributed by atoms with van der Waals surface area (Å²) >= 11 is 0. The van der Waals surface area contributed by atoms with Crippen LogP contribution in [0.5, 0.6) is 0 Å². The van der Waals surface area contributed by atoms with Crippen LogP contribution < -0.4 is 0 Å². The number of fused-ring (bicyclic) bond motifs is 6. The number of aromatic nitrogens is 1. The molecule has 0 amide bonds. The number of H-pyrrole nitrogens is 1. The summed E-state index contributed by atoms with van der Waals surface area (Å²) in [7, 11) is 0. The molecule has 3 heteroatoms. The maximum Gasteiger partial charge on any atom is 0.0505 e. The standard InChI is InChI=1S/C18H22N2O/c1-2-4-16-14(3-1)15-5-7-20-10-12-6-8-21-11-13(12)9-17(20)18(15)19-16/h1-4,12-13,17,19H,5-11H2/t12-,13+,17-/m0/s1. The smallest absolute Gasteiger partial charge is 0.0505 e. The maximum atomic E-state index is 5.74. The van der Waals surface area contributed by atoms with Crippen molar-refractivity contribution in [2.75, 3.05) is 26.3 Å². The van der Waals surface area contributed by atoms with Crippen LogP contribution in [-0.2, 0) is 11.2 Å². The first-order valence-electron chi connectivity index (χ1n) is 8.31. The summed E-state index contributed by atoms with van der Waals surface area (Å²) in [4.78, 5) is 6.45. The number of aromatic amines is 1. The molecule has 3 atom stereocenters. The largest absolute Gasteiger partial charge is 0.381 e. The Morgan fingerprint density at radius 1 is 1.19 bits per heavy atom. The fourth-order valence-electron chi connectivity index (χ4n) is 4.78. The molecular formula is C18H22N2O. The quantitative estimate of drug-likeness (QED) is 0.804. The first kappa shape index (κ1) is 12.2. The molecule has 3 aliphatic heterocycles. The van der Waals surface area contributed by atoms with Crippen molar-refractivity contribution in [3.63, 3.8) is 0 Å². The minimum absolute atomic E-state index is 0.587. The number of rotatable bonds is 0. The van der Waals surface area contributed by atoms with Crippen LogP contribution in [0.15, 0.2) is 24.3 Å². The second kappa shape index (κ2) is 4.59. The molecule has 3 aliphatic rings. The van der Waals surface area contributed by atoms with Gasteiger partial charge in [0.1, 0.15) is 0 Å². The topological polar surface area (TPSA) is 28.3 Å². The Balaban J connectivity index is 1.56. The number of piperidine rings is 1. The van der Waals surface area contributed by atoms with Gasteiger partial charge >= 0.3 is 0 Å². The summed E-state index contributed by atoms with van der Waals surface area (Å²) in [6.07, 6.45) is 3.72. The second-order valence-electron chi connectivity index (χ2n) is 6.94. The summed E-state index contributed by atoms with van der Waals surface area (Å²) in [6.45, 7) is 4.44. The Morgan fingerprint density at radius 3 is 3.14 bits per heavy atom. The zero-order valence-corrected chi connectivity index (χ0v) is 12.3. The van der Waals surface area contributed by atoms with Gasteiger partial charge in [-0.1, -0.05) is 18.2 Å². The SMILES string of the molecule is c1ccc2c3c([nH]c2c1)[C@@H]1C[C@@H]2COCC[C@H]2CN1CC3. The Kier molecular flexibility index (Phi) is 2.67. The number of nitrogens with zero attached hydrogens (tertiary/aromatic N) is 1. The van der Waals surface area contributed by atoms with Crippen LogP contribution in [-0.4, -0.2) is 36.2 Å². The van der Waals surface area contributed by atoms with E-state index in [-0.39, 0.29) is 0 Å². The lowest BCUT2D eigenvalue weighted by Crippen LogP contribution is -2.48. The van der Waals surface area contributed by atoms with E-state index in [2.05, 4.69) is 34.1 Å². The molecule has 2 fully saturated rings. The molecule has 2 aromatic rings. The molecule has 2 saturated heterocycles. The molecular weight excluding hydrogens is 260 g/mol. The average Bonchev–Trinajstić information content (AvgIpc) is 2.92. The van der Waals surface area contributed by atoms with Gasteiger partial charge in [-0.2, -0.15) is 0 Å². The summed E-state index contributed by atoms with van der Waals surface area (Å²) in [5.41, 5.74) is 4.37. The van der Waals surface area contributed by atoms with Crippen molar-refractivity contribution in [1.29, 1.82) is 0 Å². The molecule has 0 saturated carbocycles. The van der Waals surface area contributed by atoms with E-state index in [1.165, 1.54) is 48.9 Å². The summed E-state index contributed by atoms with van der Waals surface area (Å²) in [5.74, 6) is 1.62. The highest BCUT2D eigenvalue weighted by Gasteiger charge is 2.41. The van der Waals surface area contributed by atoms with Gasteiger partial charge in [-0.05, 0) is 42.7 Å². The van der Waals surface area contributed by atoms with Crippen LogP contribution in [0.4, 0.5) is 0 Å². The predicted octanol–water partition coefficient (Wildman–Crippen LogP) is 3.12. The third-order valence-corrected chi connectivity index (χ3v) is 5.90. The minimum atomic E-state index is 0.587. The van der Waals surface area contributed by atoms with E-state index in [1.807, 2.05) is 0 Å². The van der Waals surface area contributed by atoms with E-state index in [4.69, 9.17) is 4.74 Å². The van der Waals surface area contributed by atoms with Gasteiger partial charge in [-0.15, -0.1) is 0 Å². The number of ether oxygens (including phenoxy) is 1. The molecule has 4 heterocycles. The van der Waals surface area contributed by atoms with Crippen molar-refractivity contribution in [1.82, 2.24) is 9.88 Å². The fourth-order valence-corrected chi connectivity index (χ4v) is 4.78. The third-order valence-electron chi connectivity index (χ3n) is 5.90. The van der Waals surface area contributed by atoms with Crippen LogP contribution in [0.25, 0.3) is 10.9 Å². The first-order chi connectivity index (χ1) is 10.4. The molecule has 110 valence electrons. The van der Waals surface area contributed by atoms with Crippen molar-refractivity contribution in [3.8, 4) is 0 Å². The van der Waals surface area contributed by atoms with Crippen molar-refractivity contribution in [3.05, 3.63) is 35.5 Å². The van der Waals surface area contributed by atoms with E-state index in [9.17, 15) is 0 Å².